The lowest BCUT2D eigenvalue weighted by atomic mass is 9.95. The molecular formula is C33H28N6O. The highest BCUT2D eigenvalue weighted by Crippen LogP contribution is 2.43. The fourth-order valence-electron chi connectivity index (χ4n) is 5.91. The van der Waals surface area contributed by atoms with Crippen LogP contribution in [0.15, 0.2) is 61.1 Å². The van der Waals surface area contributed by atoms with E-state index in [1.54, 1.807) is 6.33 Å². The van der Waals surface area contributed by atoms with E-state index in [0.717, 1.165) is 89.0 Å². The zero-order chi connectivity index (χ0) is 27.1. The maximum Gasteiger partial charge on any atom is 0.137 e. The number of nitrogens with zero attached hydrogens (tertiary/aromatic N) is 4. The Hall–Kier alpha value is -4.78. The van der Waals surface area contributed by atoms with E-state index < -0.39 is 0 Å². The summed E-state index contributed by atoms with van der Waals surface area (Å²) >= 11 is 0. The first-order valence-corrected chi connectivity index (χ1v) is 13.8. The highest BCUT2D eigenvalue weighted by molar-refractivity contribution is 6.22. The molecule has 7 aromatic rings. The van der Waals surface area contributed by atoms with Crippen LogP contribution in [0.3, 0.4) is 0 Å². The molecule has 0 unspecified atom stereocenters. The van der Waals surface area contributed by atoms with E-state index >= 15 is 0 Å². The summed E-state index contributed by atoms with van der Waals surface area (Å²) in [5.74, 6) is 3.50. The van der Waals surface area contributed by atoms with E-state index in [1.165, 1.54) is 0 Å². The molecule has 0 aliphatic carbocycles. The summed E-state index contributed by atoms with van der Waals surface area (Å²) in [5.41, 5.74) is 8.20. The van der Waals surface area contributed by atoms with Gasteiger partial charge in [0.05, 0.1) is 27.9 Å². The molecule has 0 fully saturated rings. The molecule has 2 N–H and O–H groups in total. The molecule has 8 rings (SSSR count). The predicted octanol–water partition coefficient (Wildman–Crippen LogP) is 8.01. The van der Waals surface area contributed by atoms with Crippen molar-refractivity contribution in [2.75, 3.05) is 0 Å². The molecule has 1 aliphatic rings. The SMILES string of the molecule is CC(C)c1nc2c([nH]1)COc1c-2ccc2cc(-c3ccc4c(c3)c3cncnc3c3[nH]c(C(C)C)nc43)ccc12. The Balaban J connectivity index is 1.28. The summed E-state index contributed by atoms with van der Waals surface area (Å²) in [6.07, 6.45) is 3.51. The van der Waals surface area contributed by atoms with Crippen LogP contribution in [0, 0.1) is 0 Å². The summed E-state index contributed by atoms with van der Waals surface area (Å²) in [4.78, 5) is 25.8. The van der Waals surface area contributed by atoms with E-state index in [2.05, 4.69) is 96.2 Å². The van der Waals surface area contributed by atoms with E-state index in [9.17, 15) is 0 Å². The molecule has 0 radical (unpaired) electrons. The number of hydrogen-bond acceptors (Lipinski definition) is 5. The minimum absolute atomic E-state index is 0.294. The van der Waals surface area contributed by atoms with E-state index in [4.69, 9.17) is 14.7 Å². The molecule has 196 valence electrons. The Morgan fingerprint density at radius 2 is 1.52 bits per heavy atom. The number of rotatable bonds is 3. The van der Waals surface area contributed by atoms with Gasteiger partial charge in [0.2, 0.25) is 0 Å². The monoisotopic (exact) mass is 524 g/mol. The van der Waals surface area contributed by atoms with Gasteiger partial charge in [-0.25, -0.2) is 19.9 Å². The molecule has 4 heterocycles. The van der Waals surface area contributed by atoms with E-state index in [0.29, 0.717) is 18.4 Å². The number of benzene rings is 4. The average molecular weight is 525 g/mol. The van der Waals surface area contributed by atoms with Gasteiger partial charge in [-0.15, -0.1) is 0 Å². The van der Waals surface area contributed by atoms with Crippen molar-refractivity contribution < 1.29 is 4.74 Å². The summed E-state index contributed by atoms with van der Waals surface area (Å²) in [5, 5.41) is 5.45. The van der Waals surface area contributed by atoms with Crippen LogP contribution in [0.5, 0.6) is 5.75 Å². The molecule has 1 aliphatic heterocycles. The average Bonchev–Trinajstić information content (AvgIpc) is 3.63. The summed E-state index contributed by atoms with van der Waals surface area (Å²) < 4.78 is 6.27. The fourth-order valence-corrected chi connectivity index (χ4v) is 5.91. The predicted molar refractivity (Wildman–Crippen MR) is 160 cm³/mol. The smallest absolute Gasteiger partial charge is 0.137 e. The zero-order valence-corrected chi connectivity index (χ0v) is 22.8. The summed E-state index contributed by atoms with van der Waals surface area (Å²) in [7, 11) is 0. The first-order chi connectivity index (χ1) is 19.5. The van der Waals surface area contributed by atoms with Crippen molar-refractivity contribution in [3.63, 3.8) is 0 Å². The van der Waals surface area contributed by atoms with Gasteiger partial charge < -0.3 is 14.7 Å². The maximum atomic E-state index is 6.27. The largest absolute Gasteiger partial charge is 0.486 e. The minimum atomic E-state index is 0.294. The molecule has 0 atom stereocenters. The van der Waals surface area contributed by atoms with Crippen molar-refractivity contribution >= 4 is 43.5 Å². The molecule has 3 aromatic heterocycles. The van der Waals surface area contributed by atoms with Crippen LogP contribution in [0.1, 0.15) is 56.9 Å². The van der Waals surface area contributed by atoms with Crippen LogP contribution in [-0.4, -0.2) is 29.9 Å². The number of hydrogen-bond donors (Lipinski definition) is 2. The van der Waals surface area contributed by atoms with Gasteiger partial charge >= 0.3 is 0 Å². The Bertz CT molecular complexity index is 2140. The second-order valence-corrected chi connectivity index (χ2v) is 11.3. The Labute approximate surface area is 230 Å². The lowest BCUT2D eigenvalue weighted by molar-refractivity contribution is 0.301. The third-order valence-corrected chi connectivity index (χ3v) is 8.05. The first-order valence-electron chi connectivity index (χ1n) is 13.8. The molecular weight excluding hydrogens is 496 g/mol. The minimum Gasteiger partial charge on any atom is -0.486 e. The quantitative estimate of drug-likeness (QED) is 0.228. The van der Waals surface area contributed by atoms with Crippen molar-refractivity contribution in [2.24, 2.45) is 0 Å². The van der Waals surface area contributed by atoms with Crippen molar-refractivity contribution in [1.29, 1.82) is 0 Å². The lowest BCUT2D eigenvalue weighted by Crippen LogP contribution is -2.05. The molecule has 7 nitrogen and oxygen atoms in total. The molecule has 0 spiro atoms. The first kappa shape index (κ1) is 23.1. The summed E-state index contributed by atoms with van der Waals surface area (Å²) in [6.45, 7) is 9.10. The van der Waals surface area contributed by atoms with Gasteiger partial charge in [-0.2, -0.15) is 0 Å². The Kier molecular flexibility index (Phi) is 4.83. The van der Waals surface area contributed by atoms with Gasteiger partial charge in [0, 0.05) is 39.8 Å². The van der Waals surface area contributed by atoms with Crippen LogP contribution < -0.4 is 4.74 Å². The highest BCUT2D eigenvalue weighted by Gasteiger charge is 2.24. The van der Waals surface area contributed by atoms with Crippen LogP contribution in [0.25, 0.3) is 65.9 Å². The van der Waals surface area contributed by atoms with Gasteiger partial charge in [0.25, 0.3) is 0 Å². The number of aromatic nitrogens is 6. The Morgan fingerprint density at radius 1 is 0.750 bits per heavy atom. The molecule has 7 heteroatoms. The van der Waals surface area contributed by atoms with Crippen LogP contribution in [-0.2, 0) is 6.61 Å². The zero-order valence-electron chi connectivity index (χ0n) is 22.8. The second-order valence-electron chi connectivity index (χ2n) is 11.3. The number of H-pyrrole nitrogens is 2. The van der Waals surface area contributed by atoms with Crippen LogP contribution in [0.2, 0.25) is 0 Å². The lowest BCUT2D eigenvalue weighted by Gasteiger charge is -2.19. The number of imidazole rings is 2. The molecule has 0 amide bonds. The third-order valence-electron chi connectivity index (χ3n) is 8.05. The van der Waals surface area contributed by atoms with Crippen LogP contribution in [0.4, 0.5) is 0 Å². The number of aromatic amines is 2. The topological polar surface area (TPSA) is 92.4 Å². The number of nitrogens with one attached hydrogen (secondary N) is 2. The number of fused-ring (bicyclic) bond motifs is 11. The van der Waals surface area contributed by atoms with Gasteiger partial charge in [0.1, 0.15) is 30.3 Å². The number of ether oxygens (including phenoxy) is 1. The molecule has 0 bridgehead atoms. The second kappa shape index (κ2) is 8.36. The van der Waals surface area contributed by atoms with Gasteiger partial charge in [0.15, 0.2) is 0 Å². The summed E-state index contributed by atoms with van der Waals surface area (Å²) in [6, 6.07) is 17.5. The van der Waals surface area contributed by atoms with Crippen LogP contribution >= 0.6 is 0 Å². The molecule has 0 saturated carbocycles. The Morgan fingerprint density at radius 3 is 2.35 bits per heavy atom. The fraction of sp³-hybridized carbons (Fsp3) is 0.212. The maximum absolute atomic E-state index is 6.27. The van der Waals surface area contributed by atoms with Crippen molar-refractivity contribution in [3.05, 3.63) is 78.4 Å². The highest BCUT2D eigenvalue weighted by atomic mass is 16.5. The van der Waals surface area contributed by atoms with E-state index in [-0.39, 0.29) is 0 Å². The van der Waals surface area contributed by atoms with Gasteiger partial charge in [-0.1, -0.05) is 58.0 Å². The van der Waals surface area contributed by atoms with E-state index in [1.807, 2.05) is 6.20 Å². The molecule has 0 saturated heterocycles. The van der Waals surface area contributed by atoms with Crippen molar-refractivity contribution in [3.8, 4) is 28.1 Å². The van der Waals surface area contributed by atoms with Gasteiger partial charge in [-0.3, -0.25) is 0 Å². The van der Waals surface area contributed by atoms with Gasteiger partial charge in [-0.05, 0) is 40.1 Å². The van der Waals surface area contributed by atoms with Crippen molar-refractivity contribution in [2.45, 2.75) is 46.1 Å². The normalized spacial score (nSPS) is 13.1. The standard InChI is InChI=1S/C33H28N6O/c1-16(2)32-36-26-14-40-31-21-8-5-18(11-20(21)7-10-23(31)27(26)37-32)19-6-9-22-24(12-19)25-13-34-15-35-28(25)30-29(22)38-33(39-30)17(3)4/h5-13,15-17H,14H2,1-4H3,(H,36,37)(H,38,39). The third kappa shape index (κ3) is 3.30. The van der Waals surface area contributed by atoms with Crippen molar-refractivity contribution in [1.82, 2.24) is 29.9 Å². The molecule has 4 aromatic carbocycles. The molecule has 40 heavy (non-hydrogen) atoms.